The van der Waals surface area contributed by atoms with E-state index < -0.39 is 4.92 Å². The molecule has 9 nitrogen and oxygen atoms in total. The zero-order valence-electron chi connectivity index (χ0n) is 15.9. The Labute approximate surface area is 167 Å². The van der Waals surface area contributed by atoms with Gasteiger partial charge in [0.05, 0.1) is 29.0 Å². The molecule has 0 aliphatic carbocycles. The number of rotatable bonds is 6. The number of nitrogens with one attached hydrogen (secondary N) is 2. The Bertz CT molecular complexity index is 975. The summed E-state index contributed by atoms with van der Waals surface area (Å²) in [6.07, 6.45) is 0. The standard InChI is InChI=1S/C20H22N6O3/c27-20(21-15-5-7-16(8-6-15)26(28)29)14-25-11-9-24(10-12-25)13-19-22-17-3-1-2-4-18(17)23-19/h1-8H,9-14H2,(H,21,27)(H,22,23). The number of non-ortho nitro benzene ring substituents is 1. The van der Waals surface area contributed by atoms with Crippen LogP contribution >= 0.6 is 0 Å². The molecule has 1 aliphatic rings. The fourth-order valence-electron chi connectivity index (χ4n) is 3.47. The first-order valence-electron chi connectivity index (χ1n) is 9.49. The summed E-state index contributed by atoms with van der Waals surface area (Å²) in [7, 11) is 0. The summed E-state index contributed by atoms with van der Waals surface area (Å²) in [5, 5.41) is 13.5. The molecule has 1 fully saturated rings. The van der Waals surface area contributed by atoms with Crippen LogP contribution in [0.25, 0.3) is 11.0 Å². The van der Waals surface area contributed by atoms with Crippen molar-refractivity contribution in [1.29, 1.82) is 0 Å². The smallest absolute Gasteiger partial charge is 0.269 e. The number of aromatic amines is 1. The van der Waals surface area contributed by atoms with E-state index in [4.69, 9.17) is 0 Å². The van der Waals surface area contributed by atoms with Crippen LogP contribution in [0.2, 0.25) is 0 Å². The summed E-state index contributed by atoms with van der Waals surface area (Å²) in [5.74, 6) is 0.833. The lowest BCUT2D eigenvalue weighted by Gasteiger charge is -2.33. The van der Waals surface area contributed by atoms with Crippen LogP contribution in [0.4, 0.5) is 11.4 Å². The zero-order valence-corrected chi connectivity index (χ0v) is 15.9. The van der Waals surface area contributed by atoms with Crippen molar-refractivity contribution in [3.8, 4) is 0 Å². The van der Waals surface area contributed by atoms with E-state index in [2.05, 4.69) is 25.1 Å². The van der Waals surface area contributed by atoms with Gasteiger partial charge in [-0.3, -0.25) is 24.7 Å². The highest BCUT2D eigenvalue weighted by molar-refractivity contribution is 5.92. The number of para-hydroxylation sites is 2. The minimum absolute atomic E-state index is 0.00331. The molecule has 0 atom stereocenters. The van der Waals surface area contributed by atoms with Gasteiger partial charge >= 0.3 is 0 Å². The molecule has 1 aliphatic heterocycles. The van der Waals surface area contributed by atoms with Crippen molar-refractivity contribution in [2.75, 3.05) is 38.0 Å². The van der Waals surface area contributed by atoms with Gasteiger partial charge in [-0.15, -0.1) is 0 Å². The van der Waals surface area contributed by atoms with Crippen molar-refractivity contribution >= 4 is 28.3 Å². The highest BCUT2D eigenvalue weighted by atomic mass is 16.6. The number of carbonyl (C=O) groups excluding carboxylic acids is 1. The molecule has 0 unspecified atom stereocenters. The van der Waals surface area contributed by atoms with Crippen LogP contribution in [0.5, 0.6) is 0 Å². The average molecular weight is 394 g/mol. The Morgan fingerprint density at radius 3 is 2.45 bits per heavy atom. The van der Waals surface area contributed by atoms with Gasteiger partial charge in [0.25, 0.3) is 5.69 Å². The molecule has 1 saturated heterocycles. The fraction of sp³-hybridized carbons (Fsp3) is 0.300. The summed E-state index contributed by atoms with van der Waals surface area (Å²) < 4.78 is 0. The van der Waals surface area contributed by atoms with Gasteiger partial charge in [0, 0.05) is 44.0 Å². The topological polar surface area (TPSA) is 107 Å². The first-order chi connectivity index (χ1) is 14.1. The normalized spacial score (nSPS) is 15.4. The van der Waals surface area contributed by atoms with Crippen molar-refractivity contribution in [3.05, 3.63) is 64.5 Å². The number of amides is 1. The van der Waals surface area contributed by atoms with Gasteiger partial charge in [0.1, 0.15) is 5.82 Å². The van der Waals surface area contributed by atoms with Crippen LogP contribution in [0, 0.1) is 10.1 Å². The molecule has 29 heavy (non-hydrogen) atoms. The van der Waals surface area contributed by atoms with Crippen molar-refractivity contribution in [2.24, 2.45) is 0 Å². The van der Waals surface area contributed by atoms with E-state index in [1.165, 1.54) is 12.1 Å². The zero-order chi connectivity index (χ0) is 20.2. The number of hydrogen-bond acceptors (Lipinski definition) is 6. The summed E-state index contributed by atoms with van der Waals surface area (Å²) in [5.41, 5.74) is 2.58. The number of nitro groups is 1. The molecule has 1 aromatic heterocycles. The second-order valence-corrected chi connectivity index (χ2v) is 7.11. The van der Waals surface area contributed by atoms with E-state index in [1.807, 2.05) is 24.3 Å². The first-order valence-corrected chi connectivity index (χ1v) is 9.49. The van der Waals surface area contributed by atoms with E-state index in [0.717, 1.165) is 49.6 Å². The van der Waals surface area contributed by atoms with Gasteiger partial charge in [-0.25, -0.2) is 4.98 Å². The van der Waals surface area contributed by atoms with E-state index in [1.54, 1.807) is 12.1 Å². The molecule has 2 heterocycles. The monoisotopic (exact) mass is 394 g/mol. The molecule has 4 rings (SSSR count). The molecule has 150 valence electrons. The first kappa shape index (κ1) is 19.0. The quantitative estimate of drug-likeness (QED) is 0.490. The molecular weight excluding hydrogens is 372 g/mol. The number of piperazine rings is 1. The molecule has 0 saturated carbocycles. The number of anilines is 1. The predicted octanol–water partition coefficient (Wildman–Crippen LogP) is 2.23. The summed E-state index contributed by atoms with van der Waals surface area (Å²) >= 11 is 0. The number of benzene rings is 2. The number of carbonyl (C=O) groups is 1. The van der Waals surface area contributed by atoms with E-state index in [0.29, 0.717) is 12.2 Å². The van der Waals surface area contributed by atoms with Gasteiger partial charge in [-0.2, -0.15) is 0 Å². The third-order valence-corrected chi connectivity index (χ3v) is 5.01. The average Bonchev–Trinajstić information content (AvgIpc) is 3.12. The van der Waals surface area contributed by atoms with Crippen LogP contribution in [0.3, 0.4) is 0 Å². The molecule has 9 heteroatoms. The minimum atomic E-state index is -0.462. The van der Waals surface area contributed by atoms with Gasteiger partial charge in [0.2, 0.25) is 5.91 Å². The van der Waals surface area contributed by atoms with Crippen LogP contribution in [0.15, 0.2) is 48.5 Å². The Morgan fingerprint density at radius 1 is 1.07 bits per heavy atom. The van der Waals surface area contributed by atoms with Crippen LogP contribution in [-0.4, -0.2) is 63.3 Å². The summed E-state index contributed by atoms with van der Waals surface area (Å²) in [6, 6.07) is 13.8. The molecule has 2 aromatic carbocycles. The lowest BCUT2D eigenvalue weighted by molar-refractivity contribution is -0.384. The SMILES string of the molecule is O=C(CN1CCN(Cc2nc3ccccc3[nH]2)CC1)Nc1ccc([N+](=O)[O-])cc1. The largest absolute Gasteiger partial charge is 0.341 e. The Kier molecular flexibility index (Phi) is 5.50. The van der Waals surface area contributed by atoms with Gasteiger partial charge in [0.15, 0.2) is 0 Å². The predicted molar refractivity (Wildman–Crippen MR) is 110 cm³/mol. The van der Waals surface area contributed by atoms with Crippen molar-refractivity contribution < 1.29 is 9.72 Å². The van der Waals surface area contributed by atoms with E-state index >= 15 is 0 Å². The number of H-pyrrole nitrogens is 1. The molecular formula is C20H22N6O3. The van der Waals surface area contributed by atoms with Crippen LogP contribution in [-0.2, 0) is 11.3 Å². The van der Waals surface area contributed by atoms with Crippen molar-refractivity contribution in [2.45, 2.75) is 6.54 Å². The Morgan fingerprint density at radius 2 is 1.76 bits per heavy atom. The highest BCUT2D eigenvalue weighted by Gasteiger charge is 2.20. The molecule has 0 bridgehead atoms. The number of imidazole rings is 1. The summed E-state index contributed by atoms with van der Waals surface area (Å²) in [6.45, 7) is 4.39. The minimum Gasteiger partial charge on any atom is -0.341 e. The molecule has 0 radical (unpaired) electrons. The lowest BCUT2D eigenvalue weighted by Crippen LogP contribution is -2.48. The number of fused-ring (bicyclic) bond motifs is 1. The second kappa shape index (κ2) is 8.38. The number of hydrogen-bond donors (Lipinski definition) is 2. The van der Waals surface area contributed by atoms with Crippen molar-refractivity contribution in [1.82, 2.24) is 19.8 Å². The van der Waals surface area contributed by atoms with Gasteiger partial charge < -0.3 is 10.3 Å². The molecule has 3 aromatic rings. The molecule has 0 spiro atoms. The lowest BCUT2D eigenvalue weighted by atomic mass is 10.2. The highest BCUT2D eigenvalue weighted by Crippen LogP contribution is 2.16. The molecule has 1 amide bonds. The van der Waals surface area contributed by atoms with Crippen LogP contribution < -0.4 is 5.32 Å². The third kappa shape index (κ3) is 4.76. The molecule has 2 N–H and O–H groups in total. The number of aromatic nitrogens is 2. The number of nitrogens with zero attached hydrogens (tertiary/aromatic N) is 4. The Balaban J connectivity index is 1.24. The maximum atomic E-state index is 12.3. The fourth-order valence-corrected chi connectivity index (χ4v) is 3.47. The van der Waals surface area contributed by atoms with E-state index in [-0.39, 0.29) is 11.6 Å². The van der Waals surface area contributed by atoms with Gasteiger partial charge in [-0.05, 0) is 24.3 Å². The second-order valence-electron chi connectivity index (χ2n) is 7.11. The summed E-state index contributed by atoms with van der Waals surface area (Å²) in [4.78, 5) is 34.9. The maximum Gasteiger partial charge on any atom is 0.269 e. The number of nitro benzene ring substituents is 1. The Hall–Kier alpha value is -3.30. The van der Waals surface area contributed by atoms with Crippen molar-refractivity contribution in [3.63, 3.8) is 0 Å². The van der Waals surface area contributed by atoms with Gasteiger partial charge in [-0.1, -0.05) is 12.1 Å². The third-order valence-electron chi connectivity index (χ3n) is 5.01. The van der Waals surface area contributed by atoms with E-state index in [9.17, 15) is 14.9 Å². The van der Waals surface area contributed by atoms with Crippen LogP contribution in [0.1, 0.15) is 5.82 Å². The maximum absolute atomic E-state index is 12.3.